The number of rotatable bonds is 9. The smallest absolute Gasteiger partial charge is 0.191 e. The van der Waals surface area contributed by atoms with Gasteiger partial charge in [-0.05, 0) is 42.5 Å². The normalized spacial score (nSPS) is 14.1. The van der Waals surface area contributed by atoms with E-state index < -0.39 is 0 Å². The van der Waals surface area contributed by atoms with Gasteiger partial charge in [0.1, 0.15) is 5.75 Å². The second kappa shape index (κ2) is 10.6. The monoisotopic (exact) mass is 371 g/mol. The summed E-state index contributed by atoms with van der Waals surface area (Å²) in [5, 5.41) is 11.1. The van der Waals surface area contributed by atoms with Crippen molar-refractivity contribution >= 4 is 5.96 Å². The van der Waals surface area contributed by atoms with Crippen LogP contribution in [0.4, 0.5) is 0 Å². The molecule has 0 aliphatic carbocycles. The van der Waals surface area contributed by atoms with E-state index in [1.54, 1.807) is 7.05 Å². The van der Waals surface area contributed by atoms with Crippen LogP contribution in [0.1, 0.15) is 39.3 Å². The maximum absolute atomic E-state index is 5.75. The van der Waals surface area contributed by atoms with Crippen molar-refractivity contribution in [1.29, 1.82) is 0 Å². The van der Waals surface area contributed by atoms with Gasteiger partial charge in [-0.25, -0.2) is 0 Å². The maximum atomic E-state index is 5.75. The third-order valence-electron chi connectivity index (χ3n) is 4.22. The average Bonchev–Trinajstić information content (AvgIpc) is 3.16. The SMILES string of the molecule is CN=C(NCC(C)Cn1cccn1)NC(C)c1ccc(OCC(C)C)cc1. The molecule has 6 heteroatoms. The molecule has 2 atom stereocenters. The highest BCUT2D eigenvalue weighted by atomic mass is 16.5. The quantitative estimate of drug-likeness (QED) is 0.523. The van der Waals surface area contributed by atoms with E-state index in [2.05, 4.69) is 60.6 Å². The fourth-order valence-corrected chi connectivity index (χ4v) is 2.66. The summed E-state index contributed by atoms with van der Waals surface area (Å²) in [6.07, 6.45) is 3.79. The molecule has 0 bridgehead atoms. The molecule has 27 heavy (non-hydrogen) atoms. The number of benzene rings is 1. The molecule has 2 rings (SSSR count). The van der Waals surface area contributed by atoms with Crippen molar-refractivity contribution in [3.63, 3.8) is 0 Å². The van der Waals surface area contributed by atoms with Gasteiger partial charge in [0, 0.05) is 32.5 Å². The fourth-order valence-electron chi connectivity index (χ4n) is 2.66. The Kier molecular flexibility index (Phi) is 8.17. The Balaban J connectivity index is 1.80. The molecule has 0 fully saturated rings. The first kappa shape index (κ1) is 20.8. The zero-order chi connectivity index (χ0) is 19.6. The molecule has 0 spiro atoms. The van der Waals surface area contributed by atoms with Crippen LogP contribution in [0.2, 0.25) is 0 Å². The van der Waals surface area contributed by atoms with E-state index in [0.29, 0.717) is 11.8 Å². The lowest BCUT2D eigenvalue weighted by Gasteiger charge is -2.20. The summed E-state index contributed by atoms with van der Waals surface area (Å²) in [5.74, 6) is 2.68. The van der Waals surface area contributed by atoms with Crippen LogP contribution in [0.25, 0.3) is 0 Å². The lowest BCUT2D eigenvalue weighted by atomic mass is 10.1. The third kappa shape index (κ3) is 7.33. The number of guanidine groups is 1. The van der Waals surface area contributed by atoms with Gasteiger partial charge in [-0.1, -0.05) is 32.9 Å². The van der Waals surface area contributed by atoms with Gasteiger partial charge >= 0.3 is 0 Å². The van der Waals surface area contributed by atoms with Gasteiger partial charge in [0.05, 0.1) is 12.6 Å². The van der Waals surface area contributed by atoms with E-state index in [-0.39, 0.29) is 6.04 Å². The molecule has 148 valence electrons. The predicted octanol–water partition coefficient (Wildman–Crippen LogP) is 3.48. The molecule has 1 heterocycles. The van der Waals surface area contributed by atoms with Crippen LogP contribution in [0.3, 0.4) is 0 Å². The first-order chi connectivity index (χ1) is 13.0. The number of aromatic nitrogens is 2. The largest absolute Gasteiger partial charge is 0.493 e. The van der Waals surface area contributed by atoms with E-state index >= 15 is 0 Å². The summed E-state index contributed by atoms with van der Waals surface area (Å²) < 4.78 is 7.70. The van der Waals surface area contributed by atoms with Gasteiger partial charge in [-0.3, -0.25) is 9.67 Å². The predicted molar refractivity (Wildman–Crippen MR) is 111 cm³/mol. The number of aliphatic imine (C=N–C) groups is 1. The highest BCUT2D eigenvalue weighted by Crippen LogP contribution is 2.18. The first-order valence-corrected chi connectivity index (χ1v) is 9.65. The summed E-state index contributed by atoms with van der Waals surface area (Å²) in [6, 6.07) is 10.3. The van der Waals surface area contributed by atoms with E-state index in [1.165, 1.54) is 5.56 Å². The van der Waals surface area contributed by atoms with Crippen molar-refractivity contribution in [2.45, 2.75) is 40.3 Å². The molecule has 2 N–H and O–H groups in total. The zero-order valence-corrected chi connectivity index (χ0v) is 17.1. The summed E-state index contributed by atoms with van der Waals surface area (Å²) >= 11 is 0. The van der Waals surface area contributed by atoms with Crippen LogP contribution in [-0.2, 0) is 6.54 Å². The van der Waals surface area contributed by atoms with Crippen LogP contribution in [-0.4, -0.2) is 35.9 Å². The number of nitrogens with one attached hydrogen (secondary N) is 2. The van der Waals surface area contributed by atoms with Crippen LogP contribution >= 0.6 is 0 Å². The molecule has 2 aromatic rings. The molecule has 0 aliphatic heterocycles. The zero-order valence-electron chi connectivity index (χ0n) is 17.1. The van der Waals surface area contributed by atoms with Gasteiger partial charge in [0.15, 0.2) is 5.96 Å². The van der Waals surface area contributed by atoms with Crippen LogP contribution in [0, 0.1) is 11.8 Å². The van der Waals surface area contributed by atoms with Gasteiger partial charge in [0.2, 0.25) is 0 Å². The molecule has 0 amide bonds. The highest BCUT2D eigenvalue weighted by Gasteiger charge is 2.10. The summed E-state index contributed by atoms with van der Waals surface area (Å²) in [5.41, 5.74) is 1.19. The Labute approximate surface area is 163 Å². The van der Waals surface area contributed by atoms with Crippen molar-refractivity contribution in [3.8, 4) is 5.75 Å². The molecule has 6 nitrogen and oxygen atoms in total. The minimum atomic E-state index is 0.150. The molecule has 0 saturated heterocycles. The Morgan fingerprint density at radius 1 is 1.19 bits per heavy atom. The summed E-state index contributed by atoms with van der Waals surface area (Å²) in [6.45, 7) is 11.1. The number of hydrogen-bond donors (Lipinski definition) is 2. The molecule has 1 aromatic carbocycles. The second-order valence-corrected chi connectivity index (χ2v) is 7.43. The van der Waals surface area contributed by atoms with E-state index in [9.17, 15) is 0 Å². The van der Waals surface area contributed by atoms with Crippen LogP contribution in [0.15, 0.2) is 47.7 Å². The van der Waals surface area contributed by atoms with Crippen molar-refractivity contribution < 1.29 is 4.74 Å². The first-order valence-electron chi connectivity index (χ1n) is 9.65. The highest BCUT2D eigenvalue weighted by molar-refractivity contribution is 5.80. The minimum Gasteiger partial charge on any atom is -0.493 e. The van der Waals surface area contributed by atoms with Gasteiger partial charge in [-0.15, -0.1) is 0 Å². The molecule has 0 saturated carbocycles. The number of hydrogen-bond acceptors (Lipinski definition) is 3. The minimum absolute atomic E-state index is 0.150. The molecule has 1 aromatic heterocycles. The Morgan fingerprint density at radius 3 is 2.52 bits per heavy atom. The lowest BCUT2D eigenvalue weighted by Crippen LogP contribution is -2.41. The van der Waals surface area contributed by atoms with Crippen LogP contribution < -0.4 is 15.4 Å². The van der Waals surface area contributed by atoms with Crippen molar-refractivity contribution in [1.82, 2.24) is 20.4 Å². The van der Waals surface area contributed by atoms with E-state index in [0.717, 1.165) is 31.4 Å². The fraction of sp³-hybridized carbons (Fsp3) is 0.524. The van der Waals surface area contributed by atoms with Crippen molar-refractivity contribution in [2.75, 3.05) is 20.2 Å². The maximum Gasteiger partial charge on any atom is 0.191 e. The Morgan fingerprint density at radius 2 is 1.93 bits per heavy atom. The van der Waals surface area contributed by atoms with E-state index in [4.69, 9.17) is 4.74 Å². The average molecular weight is 372 g/mol. The van der Waals surface area contributed by atoms with Crippen LogP contribution in [0.5, 0.6) is 5.75 Å². The third-order valence-corrected chi connectivity index (χ3v) is 4.22. The van der Waals surface area contributed by atoms with Gasteiger partial charge in [0.25, 0.3) is 0 Å². The Hall–Kier alpha value is -2.50. The molecular weight excluding hydrogens is 338 g/mol. The van der Waals surface area contributed by atoms with Crippen molar-refractivity contribution in [3.05, 3.63) is 48.3 Å². The van der Waals surface area contributed by atoms with Gasteiger partial charge < -0.3 is 15.4 Å². The number of ether oxygens (including phenoxy) is 1. The summed E-state index contributed by atoms with van der Waals surface area (Å²) in [4.78, 5) is 4.34. The Bertz CT molecular complexity index is 679. The second-order valence-electron chi connectivity index (χ2n) is 7.43. The molecular formula is C21H33N5O. The van der Waals surface area contributed by atoms with Gasteiger partial charge in [-0.2, -0.15) is 5.10 Å². The molecule has 2 unspecified atom stereocenters. The van der Waals surface area contributed by atoms with E-state index in [1.807, 2.05) is 35.3 Å². The molecule has 0 radical (unpaired) electrons. The summed E-state index contributed by atoms with van der Waals surface area (Å²) in [7, 11) is 1.79. The topological polar surface area (TPSA) is 63.5 Å². The molecule has 0 aliphatic rings. The number of nitrogens with zero attached hydrogens (tertiary/aromatic N) is 3. The van der Waals surface area contributed by atoms with Crippen molar-refractivity contribution in [2.24, 2.45) is 16.8 Å². The lowest BCUT2D eigenvalue weighted by molar-refractivity contribution is 0.271. The standard InChI is InChI=1S/C21H33N5O/c1-16(2)15-27-20-9-7-19(8-10-20)18(4)25-21(22-5)23-13-17(3)14-26-12-6-11-24-26/h6-12,16-18H,13-15H2,1-5H3,(H2,22,23,25).